The summed E-state index contributed by atoms with van der Waals surface area (Å²) in [6.45, 7) is 0. The third-order valence-corrected chi connectivity index (χ3v) is 12.8. The van der Waals surface area contributed by atoms with Crippen molar-refractivity contribution in [3.05, 3.63) is 200 Å². The van der Waals surface area contributed by atoms with Crippen LogP contribution in [0.5, 0.6) is 0 Å². The van der Waals surface area contributed by atoms with Crippen LogP contribution in [0.4, 0.5) is 17.1 Å². The molecule has 0 N–H and O–H groups in total. The number of hydrogen-bond acceptors (Lipinski definition) is 3. The summed E-state index contributed by atoms with van der Waals surface area (Å²) in [4.78, 5) is 2.40. The zero-order valence-corrected chi connectivity index (χ0v) is 31.6. The fourth-order valence-electron chi connectivity index (χ4n) is 8.96. The van der Waals surface area contributed by atoms with Gasteiger partial charge in [0.15, 0.2) is 0 Å². The first kappa shape index (κ1) is 32.1. The molecule has 10 aromatic carbocycles. The Labute approximate surface area is 333 Å². The Morgan fingerprint density at radius 1 is 0.368 bits per heavy atom. The first-order chi connectivity index (χ1) is 28.2. The van der Waals surface area contributed by atoms with Crippen LogP contribution < -0.4 is 4.90 Å². The molecule has 2 aromatic heterocycles. The van der Waals surface area contributed by atoms with Crippen LogP contribution in [-0.4, -0.2) is 0 Å². The van der Waals surface area contributed by atoms with E-state index in [9.17, 15) is 0 Å². The number of furan rings is 1. The predicted octanol–water partition coefficient (Wildman–Crippen LogP) is 16.2. The van der Waals surface area contributed by atoms with Gasteiger partial charge in [-0.1, -0.05) is 133 Å². The Morgan fingerprint density at radius 2 is 1.05 bits per heavy atom. The molecule has 2 heterocycles. The highest BCUT2D eigenvalue weighted by atomic mass is 32.1. The molecule has 57 heavy (non-hydrogen) atoms. The number of anilines is 3. The molecule has 0 radical (unpaired) electrons. The summed E-state index contributed by atoms with van der Waals surface area (Å²) in [5.74, 6) is 0. The van der Waals surface area contributed by atoms with Crippen molar-refractivity contribution >= 4 is 103 Å². The van der Waals surface area contributed by atoms with Crippen LogP contribution in [0.15, 0.2) is 205 Å². The fraction of sp³-hybridized carbons (Fsp3) is 0. The second-order valence-corrected chi connectivity index (χ2v) is 15.9. The lowest BCUT2D eigenvalue weighted by molar-refractivity contribution is 0.672. The molecular weight excluding hydrogens is 711 g/mol. The maximum Gasteiger partial charge on any atom is 0.143 e. The van der Waals surface area contributed by atoms with Crippen molar-refractivity contribution in [2.24, 2.45) is 0 Å². The molecule has 12 aromatic rings. The SMILES string of the molecule is c1cc(-c2ccc3sc4ccccc4c3c2)cc(N(c2ccc(-c3cc4ccccc4c4ccccc34)cc2)c2cccc3oc4c5ccccc5ccc4c23)c1. The van der Waals surface area contributed by atoms with Gasteiger partial charge in [0.2, 0.25) is 0 Å². The molecule has 3 heteroatoms. The van der Waals surface area contributed by atoms with Gasteiger partial charge < -0.3 is 9.32 Å². The Hall–Kier alpha value is -7.20. The predicted molar refractivity (Wildman–Crippen MR) is 245 cm³/mol. The lowest BCUT2D eigenvalue weighted by atomic mass is 9.93. The van der Waals surface area contributed by atoms with E-state index in [0.29, 0.717) is 0 Å². The first-order valence-corrected chi connectivity index (χ1v) is 20.2. The van der Waals surface area contributed by atoms with Gasteiger partial charge in [-0.3, -0.25) is 0 Å². The maximum atomic E-state index is 6.72. The van der Waals surface area contributed by atoms with E-state index in [1.807, 2.05) is 11.3 Å². The lowest BCUT2D eigenvalue weighted by Crippen LogP contribution is -2.10. The minimum atomic E-state index is 0.869. The van der Waals surface area contributed by atoms with Crippen LogP contribution in [0.2, 0.25) is 0 Å². The second-order valence-electron chi connectivity index (χ2n) is 14.8. The summed E-state index contributed by atoms with van der Waals surface area (Å²) in [7, 11) is 0. The summed E-state index contributed by atoms with van der Waals surface area (Å²) in [6.07, 6.45) is 0. The molecule has 0 saturated carbocycles. The number of rotatable bonds is 5. The van der Waals surface area contributed by atoms with E-state index >= 15 is 0 Å². The molecule has 2 nitrogen and oxygen atoms in total. The Morgan fingerprint density at radius 3 is 1.93 bits per heavy atom. The highest BCUT2D eigenvalue weighted by molar-refractivity contribution is 7.25. The van der Waals surface area contributed by atoms with Crippen molar-refractivity contribution in [3.63, 3.8) is 0 Å². The Balaban J connectivity index is 1.06. The molecule has 0 aliphatic rings. The number of benzene rings is 10. The van der Waals surface area contributed by atoms with Crippen molar-refractivity contribution in [1.29, 1.82) is 0 Å². The number of hydrogen-bond donors (Lipinski definition) is 0. The fourth-order valence-corrected chi connectivity index (χ4v) is 10.0. The molecule has 0 unspecified atom stereocenters. The van der Waals surface area contributed by atoms with Gasteiger partial charge in [0, 0.05) is 42.3 Å². The van der Waals surface area contributed by atoms with Gasteiger partial charge >= 0.3 is 0 Å². The molecule has 0 amide bonds. The molecule has 0 spiro atoms. The van der Waals surface area contributed by atoms with Crippen LogP contribution in [-0.2, 0) is 0 Å². The molecular formula is C54H33NOS. The summed E-state index contributed by atoms with van der Waals surface area (Å²) >= 11 is 1.85. The normalized spacial score (nSPS) is 11.9. The van der Waals surface area contributed by atoms with Gasteiger partial charge in [0.1, 0.15) is 11.2 Å². The number of thiophene rings is 1. The lowest BCUT2D eigenvalue weighted by Gasteiger charge is -2.27. The minimum absolute atomic E-state index is 0.869. The number of fused-ring (bicyclic) bond motifs is 11. The summed E-state index contributed by atoms with van der Waals surface area (Å²) in [6, 6.07) is 72.8. The van der Waals surface area contributed by atoms with Crippen molar-refractivity contribution in [3.8, 4) is 22.3 Å². The highest BCUT2D eigenvalue weighted by Gasteiger charge is 2.21. The molecule has 0 aliphatic carbocycles. The average Bonchev–Trinajstić information content (AvgIpc) is 3.86. The molecule has 266 valence electrons. The van der Waals surface area contributed by atoms with Gasteiger partial charge in [-0.15, -0.1) is 11.3 Å². The smallest absolute Gasteiger partial charge is 0.143 e. The van der Waals surface area contributed by atoms with Gasteiger partial charge in [0.25, 0.3) is 0 Å². The zero-order valence-electron chi connectivity index (χ0n) is 30.8. The Kier molecular flexibility index (Phi) is 7.13. The summed E-state index contributed by atoms with van der Waals surface area (Å²) < 4.78 is 9.34. The van der Waals surface area contributed by atoms with Crippen LogP contribution >= 0.6 is 11.3 Å². The second kappa shape index (κ2) is 12.7. The summed E-state index contributed by atoms with van der Waals surface area (Å²) in [5.41, 5.74) is 9.79. The van der Waals surface area contributed by atoms with Crippen molar-refractivity contribution in [2.75, 3.05) is 4.90 Å². The first-order valence-electron chi connectivity index (χ1n) is 19.4. The van der Waals surface area contributed by atoms with Crippen LogP contribution in [0, 0.1) is 0 Å². The zero-order chi connectivity index (χ0) is 37.5. The molecule has 0 saturated heterocycles. The molecule has 0 bridgehead atoms. The third kappa shape index (κ3) is 5.10. The molecule has 0 atom stereocenters. The van der Waals surface area contributed by atoms with Crippen molar-refractivity contribution in [2.45, 2.75) is 0 Å². The van der Waals surface area contributed by atoms with Crippen LogP contribution in [0.1, 0.15) is 0 Å². The monoisotopic (exact) mass is 743 g/mol. The van der Waals surface area contributed by atoms with E-state index in [1.54, 1.807) is 0 Å². The Bertz CT molecular complexity index is 3540. The van der Waals surface area contributed by atoms with Gasteiger partial charge in [-0.2, -0.15) is 0 Å². The molecule has 0 fully saturated rings. The van der Waals surface area contributed by atoms with Gasteiger partial charge in [0.05, 0.1) is 11.1 Å². The van der Waals surface area contributed by atoms with E-state index in [-0.39, 0.29) is 0 Å². The van der Waals surface area contributed by atoms with E-state index < -0.39 is 0 Å². The standard InChI is InChI=1S/C54H33NOS/c1-4-16-42-34(11-1)25-29-46-53-49(20-10-21-50(53)56-54(42)46)55(40-14-9-13-36(31-40)37-26-30-52-48(32-37)45-19-7-8-22-51(45)57-52)39-27-23-35(24-28-39)47-33-38-12-2-3-15-41(38)43-17-5-6-18-44(43)47/h1-33H. The quantitative estimate of drug-likeness (QED) is 0.163. The van der Waals surface area contributed by atoms with E-state index in [1.165, 1.54) is 69.4 Å². The number of nitrogens with zero attached hydrogens (tertiary/aromatic N) is 1. The summed E-state index contributed by atoms with van der Waals surface area (Å²) in [5, 5.41) is 12.1. The van der Waals surface area contributed by atoms with E-state index in [4.69, 9.17) is 4.42 Å². The average molecular weight is 744 g/mol. The third-order valence-electron chi connectivity index (χ3n) is 11.6. The maximum absolute atomic E-state index is 6.72. The van der Waals surface area contributed by atoms with Crippen LogP contribution in [0.25, 0.3) is 96.7 Å². The highest BCUT2D eigenvalue weighted by Crippen LogP contribution is 2.46. The van der Waals surface area contributed by atoms with Gasteiger partial charge in [-0.25, -0.2) is 0 Å². The van der Waals surface area contributed by atoms with Crippen LogP contribution in [0.3, 0.4) is 0 Å². The van der Waals surface area contributed by atoms with E-state index in [2.05, 4.69) is 205 Å². The molecule has 0 aliphatic heterocycles. The van der Waals surface area contributed by atoms with E-state index in [0.717, 1.165) is 44.4 Å². The van der Waals surface area contributed by atoms with Crippen molar-refractivity contribution in [1.82, 2.24) is 0 Å². The largest absolute Gasteiger partial charge is 0.455 e. The van der Waals surface area contributed by atoms with Gasteiger partial charge in [-0.05, 0) is 116 Å². The van der Waals surface area contributed by atoms with Crippen molar-refractivity contribution < 1.29 is 4.42 Å². The topological polar surface area (TPSA) is 16.4 Å². The minimum Gasteiger partial charge on any atom is -0.455 e. The molecule has 12 rings (SSSR count).